The van der Waals surface area contributed by atoms with E-state index in [9.17, 15) is 4.79 Å². The summed E-state index contributed by atoms with van der Waals surface area (Å²) < 4.78 is 6.69. The molecule has 0 fully saturated rings. The van der Waals surface area contributed by atoms with E-state index < -0.39 is 5.97 Å². The maximum absolute atomic E-state index is 12.0. The number of aromatic nitrogens is 2. The number of halogens is 2. The van der Waals surface area contributed by atoms with Crippen LogP contribution in [0.15, 0.2) is 24.3 Å². The lowest BCUT2D eigenvalue weighted by atomic mass is 10.2. The zero-order valence-corrected chi connectivity index (χ0v) is 19.9. The second-order valence-corrected chi connectivity index (χ2v) is 9.12. The molecule has 3 rings (SSSR count). The van der Waals surface area contributed by atoms with Crippen LogP contribution in [-0.4, -0.2) is 28.0 Å². The predicted octanol–water partition coefficient (Wildman–Crippen LogP) is 5.82. The molecule has 0 saturated carbocycles. The third-order valence-corrected chi connectivity index (χ3v) is 6.20. The monoisotopic (exact) mass is 482 g/mol. The molecule has 2 heterocycles. The molecule has 0 aliphatic heterocycles. The molecule has 0 aliphatic carbocycles. The van der Waals surface area contributed by atoms with E-state index in [1.54, 1.807) is 18.2 Å². The fourth-order valence-electron chi connectivity index (χ4n) is 2.96. The van der Waals surface area contributed by atoms with E-state index in [-0.39, 0.29) is 0 Å². The van der Waals surface area contributed by atoms with Gasteiger partial charge < -0.3 is 15.4 Å². The molecule has 2 aromatic heterocycles. The Hall–Kier alpha value is -2.13. The van der Waals surface area contributed by atoms with Crippen LogP contribution in [0.2, 0.25) is 10.0 Å². The molecule has 0 spiro atoms. The van der Waals surface area contributed by atoms with E-state index in [2.05, 4.69) is 15.7 Å². The van der Waals surface area contributed by atoms with Crippen molar-refractivity contribution in [2.24, 2.45) is 0 Å². The summed E-state index contributed by atoms with van der Waals surface area (Å²) in [5.74, 6) is -0.412. The summed E-state index contributed by atoms with van der Waals surface area (Å²) in [6.45, 7) is 6.26. The summed E-state index contributed by atoms with van der Waals surface area (Å²) >= 11 is 19.2. The standard InChI is InChI=1S/C20H20Cl2N4O2S2/c1-10-7-15(19(27)28-4)18(30-10)24-20(29)23-17-11(2)25-26(12(17)3)9-13-5-6-14(21)8-16(13)22/h5-8H,9H2,1-4H3,(H2,23,24,29). The minimum Gasteiger partial charge on any atom is -0.465 e. The number of rotatable bonds is 5. The Balaban J connectivity index is 1.78. The average Bonchev–Trinajstić information content (AvgIpc) is 3.17. The van der Waals surface area contributed by atoms with Crippen LogP contribution < -0.4 is 10.6 Å². The topological polar surface area (TPSA) is 68.2 Å². The molecular formula is C20H20Cl2N4O2S2. The first kappa shape index (κ1) is 22.6. The number of carbonyl (C=O) groups excluding carboxylic acids is 1. The summed E-state index contributed by atoms with van der Waals surface area (Å²) in [6.07, 6.45) is 0. The number of hydrogen-bond acceptors (Lipinski definition) is 5. The van der Waals surface area contributed by atoms with E-state index >= 15 is 0 Å². The van der Waals surface area contributed by atoms with Gasteiger partial charge in [0.25, 0.3) is 0 Å². The van der Waals surface area contributed by atoms with Gasteiger partial charge in [-0.3, -0.25) is 4.68 Å². The number of carbonyl (C=O) groups is 1. The summed E-state index contributed by atoms with van der Waals surface area (Å²) in [4.78, 5) is 12.9. The molecule has 3 aromatic rings. The minimum atomic E-state index is -0.412. The maximum Gasteiger partial charge on any atom is 0.340 e. The Kier molecular flexibility index (Phi) is 7.02. The Morgan fingerprint density at radius 1 is 1.23 bits per heavy atom. The largest absolute Gasteiger partial charge is 0.465 e. The number of thiophene rings is 1. The maximum atomic E-state index is 12.0. The lowest BCUT2D eigenvalue weighted by Gasteiger charge is -2.11. The van der Waals surface area contributed by atoms with Gasteiger partial charge >= 0.3 is 5.97 Å². The van der Waals surface area contributed by atoms with Gasteiger partial charge in [0.15, 0.2) is 5.11 Å². The minimum absolute atomic E-state index is 0.359. The van der Waals surface area contributed by atoms with Crippen molar-refractivity contribution in [2.75, 3.05) is 17.7 Å². The van der Waals surface area contributed by atoms with Crippen molar-refractivity contribution in [1.29, 1.82) is 0 Å². The molecule has 0 amide bonds. The molecule has 2 N–H and O–H groups in total. The van der Waals surface area contributed by atoms with Crippen LogP contribution in [0.1, 0.15) is 32.2 Å². The van der Waals surface area contributed by atoms with Gasteiger partial charge in [-0.2, -0.15) is 5.10 Å². The number of thiocarbonyl (C=S) groups is 1. The highest BCUT2D eigenvalue weighted by Gasteiger charge is 2.18. The Bertz CT molecular complexity index is 1120. The summed E-state index contributed by atoms with van der Waals surface area (Å²) in [7, 11) is 1.35. The lowest BCUT2D eigenvalue weighted by Crippen LogP contribution is -2.20. The molecule has 0 aliphatic rings. The SMILES string of the molecule is COC(=O)c1cc(C)sc1NC(=S)Nc1c(C)nn(Cc2ccc(Cl)cc2Cl)c1C. The van der Waals surface area contributed by atoms with Gasteiger partial charge in [0.2, 0.25) is 0 Å². The summed E-state index contributed by atoms with van der Waals surface area (Å²) in [5, 5.41) is 13.0. The molecule has 6 nitrogen and oxygen atoms in total. The van der Waals surface area contributed by atoms with Crippen molar-refractivity contribution in [1.82, 2.24) is 9.78 Å². The second kappa shape index (κ2) is 9.34. The van der Waals surface area contributed by atoms with Gasteiger partial charge in [-0.1, -0.05) is 29.3 Å². The van der Waals surface area contributed by atoms with E-state index in [1.165, 1.54) is 18.4 Å². The number of benzene rings is 1. The first-order valence-corrected chi connectivity index (χ1v) is 10.9. The molecular weight excluding hydrogens is 463 g/mol. The quantitative estimate of drug-likeness (QED) is 0.352. The number of methoxy groups -OCH3 is 1. The Labute approximate surface area is 194 Å². The van der Waals surface area contributed by atoms with E-state index in [0.29, 0.717) is 32.3 Å². The molecule has 10 heteroatoms. The molecule has 1 aromatic carbocycles. The first-order valence-electron chi connectivity index (χ1n) is 8.94. The van der Waals surface area contributed by atoms with Gasteiger partial charge in [0.1, 0.15) is 5.00 Å². The third kappa shape index (κ3) is 4.95. The van der Waals surface area contributed by atoms with Gasteiger partial charge in [0, 0.05) is 14.9 Å². The number of anilines is 2. The second-order valence-electron chi connectivity index (χ2n) is 6.61. The Morgan fingerprint density at radius 3 is 2.63 bits per heavy atom. The van der Waals surface area contributed by atoms with Gasteiger partial charge in [0.05, 0.1) is 36.3 Å². The number of nitrogens with one attached hydrogen (secondary N) is 2. The number of hydrogen-bond donors (Lipinski definition) is 2. The van der Waals surface area contributed by atoms with Crippen LogP contribution in [0.5, 0.6) is 0 Å². The van der Waals surface area contributed by atoms with Crippen LogP contribution in [0, 0.1) is 20.8 Å². The molecule has 158 valence electrons. The van der Waals surface area contributed by atoms with Crippen LogP contribution in [0.25, 0.3) is 0 Å². The van der Waals surface area contributed by atoms with Gasteiger partial charge in [-0.25, -0.2) is 4.79 Å². The lowest BCUT2D eigenvalue weighted by molar-refractivity contribution is 0.0602. The number of esters is 1. The van der Waals surface area contributed by atoms with Crippen LogP contribution in [0.3, 0.4) is 0 Å². The molecule has 0 atom stereocenters. The fraction of sp³-hybridized carbons (Fsp3) is 0.250. The highest BCUT2D eigenvalue weighted by atomic mass is 35.5. The summed E-state index contributed by atoms with van der Waals surface area (Å²) in [5.41, 5.74) is 3.85. The van der Waals surface area contributed by atoms with E-state index in [4.69, 9.17) is 40.2 Å². The van der Waals surface area contributed by atoms with Crippen LogP contribution in [0.4, 0.5) is 10.7 Å². The van der Waals surface area contributed by atoms with Gasteiger partial charge in [-0.15, -0.1) is 11.3 Å². The van der Waals surface area contributed by atoms with E-state index in [1.807, 2.05) is 31.5 Å². The number of aryl methyl sites for hydroxylation is 2. The van der Waals surface area contributed by atoms with Crippen molar-refractivity contribution in [2.45, 2.75) is 27.3 Å². The zero-order chi connectivity index (χ0) is 22.0. The number of ether oxygens (including phenoxy) is 1. The smallest absolute Gasteiger partial charge is 0.340 e. The molecule has 0 bridgehead atoms. The van der Waals surface area contributed by atoms with Crippen LogP contribution in [-0.2, 0) is 11.3 Å². The van der Waals surface area contributed by atoms with Crippen molar-refractivity contribution in [3.8, 4) is 0 Å². The summed E-state index contributed by atoms with van der Waals surface area (Å²) in [6, 6.07) is 7.17. The third-order valence-electron chi connectivity index (χ3n) is 4.44. The first-order chi connectivity index (χ1) is 14.2. The van der Waals surface area contributed by atoms with Crippen LogP contribution >= 0.6 is 46.8 Å². The number of nitrogens with zero attached hydrogens (tertiary/aromatic N) is 2. The van der Waals surface area contributed by atoms with Crippen molar-refractivity contribution in [3.63, 3.8) is 0 Å². The molecule has 0 saturated heterocycles. The normalized spacial score (nSPS) is 10.7. The van der Waals surface area contributed by atoms with Crippen molar-refractivity contribution in [3.05, 3.63) is 61.7 Å². The van der Waals surface area contributed by atoms with Crippen molar-refractivity contribution < 1.29 is 9.53 Å². The Morgan fingerprint density at radius 2 is 1.97 bits per heavy atom. The van der Waals surface area contributed by atoms with Gasteiger partial charge in [-0.05, 0) is 56.8 Å². The highest BCUT2D eigenvalue weighted by Crippen LogP contribution is 2.29. The molecule has 0 radical (unpaired) electrons. The van der Waals surface area contributed by atoms with E-state index in [0.717, 1.165) is 27.5 Å². The average molecular weight is 483 g/mol. The fourth-order valence-corrected chi connectivity index (χ4v) is 4.60. The molecule has 30 heavy (non-hydrogen) atoms. The zero-order valence-electron chi connectivity index (χ0n) is 16.8. The predicted molar refractivity (Wildman–Crippen MR) is 128 cm³/mol. The molecule has 0 unspecified atom stereocenters. The van der Waals surface area contributed by atoms with Crippen molar-refractivity contribution >= 4 is 68.5 Å². The highest BCUT2D eigenvalue weighted by molar-refractivity contribution is 7.80.